The minimum absolute atomic E-state index is 0.251. The van der Waals surface area contributed by atoms with E-state index in [1.54, 1.807) is 0 Å². The summed E-state index contributed by atoms with van der Waals surface area (Å²) in [6.07, 6.45) is 0. The van der Waals surface area contributed by atoms with Gasteiger partial charge >= 0.3 is 0 Å². The van der Waals surface area contributed by atoms with Crippen molar-refractivity contribution in [2.45, 2.75) is 58.5 Å². The van der Waals surface area contributed by atoms with Crippen LogP contribution in [-0.4, -0.2) is 6.04 Å². The van der Waals surface area contributed by atoms with Gasteiger partial charge in [0.05, 0.1) is 0 Å². The second-order valence-corrected chi connectivity index (χ2v) is 6.12. The topological polar surface area (TPSA) is 12.0 Å². The first-order valence-electron chi connectivity index (χ1n) is 6.26. The Kier molecular flexibility index (Phi) is 2.83. The Morgan fingerprint density at radius 1 is 1.19 bits per heavy atom. The number of benzene rings is 1. The van der Waals surface area contributed by atoms with Crippen molar-refractivity contribution in [1.82, 2.24) is 5.32 Å². The van der Waals surface area contributed by atoms with Gasteiger partial charge in [-0.1, -0.05) is 45.9 Å². The summed E-state index contributed by atoms with van der Waals surface area (Å²) in [6, 6.07) is 7.60. The van der Waals surface area contributed by atoms with Crippen molar-refractivity contribution < 1.29 is 0 Å². The lowest BCUT2D eigenvalue weighted by Crippen LogP contribution is -2.35. The molecule has 1 heterocycles. The number of hydrogen-bond donors (Lipinski definition) is 1. The molecule has 0 fully saturated rings. The number of hydrogen-bond acceptors (Lipinski definition) is 1. The number of fused-ring (bicyclic) bond motifs is 1. The fraction of sp³-hybridized carbons (Fsp3) is 0.600. The molecule has 16 heavy (non-hydrogen) atoms. The van der Waals surface area contributed by atoms with Crippen molar-refractivity contribution in [3.63, 3.8) is 0 Å². The highest BCUT2D eigenvalue weighted by Gasteiger charge is 2.23. The fourth-order valence-electron chi connectivity index (χ4n) is 2.39. The summed E-state index contributed by atoms with van der Waals surface area (Å²) in [6.45, 7) is 12.4. The van der Waals surface area contributed by atoms with E-state index in [-0.39, 0.29) is 5.41 Å². The van der Waals surface area contributed by atoms with E-state index in [2.05, 4.69) is 58.1 Å². The number of nitrogens with one attached hydrogen (secondary N) is 1. The van der Waals surface area contributed by atoms with Crippen LogP contribution in [0.2, 0.25) is 0 Å². The molecule has 1 N–H and O–H groups in total. The van der Waals surface area contributed by atoms with Gasteiger partial charge in [0, 0.05) is 12.6 Å². The van der Waals surface area contributed by atoms with E-state index in [0.717, 1.165) is 6.54 Å². The van der Waals surface area contributed by atoms with Gasteiger partial charge < -0.3 is 5.32 Å². The molecule has 0 saturated carbocycles. The maximum atomic E-state index is 3.57. The van der Waals surface area contributed by atoms with Crippen LogP contribution < -0.4 is 5.32 Å². The highest BCUT2D eigenvalue weighted by atomic mass is 14.9. The van der Waals surface area contributed by atoms with Gasteiger partial charge in [0.2, 0.25) is 0 Å². The molecule has 0 aromatic heterocycles. The lowest BCUT2D eigenvalue weighted by atomic mass is 9.81. The van der Waals surface area contributed by atoms with Gasteiger partial charge in [0.25, 0.3) is 0 Å². The SMILES string of the molecule is CC1NCc2cc(C(C)(C)C)ccc2C1C. The molecule has 1 heteroatoms. The van der Waals surface area contributed by atoms with Crippen LogP contribution in [0.3, 0.4) is 0 Å². The van der Waals surface area contributed by atoms with Gasteiger partial charge in [0.1, 0.15) is 0 Å². The van der Waals surface area contributed by atoms with Crippen LogP contribution in [0.4, 0.5) is 0 Å². The lowest BCUT2D eigenvalue weighted by molar-refractivity contribution is 0.447. The molecule has 2 atom stereocenters. The molecule has 0 spiro atoms. The first-order valence-corrected chi connectivity index (χ1v) is 6.26. The first kappa shape index (κ1) is 11.7. The van der Waals surface area contributed by atoms with E-state index in [0.29, 0.717) is 12.0 Å². The van der Waals surface area contributed by atoms with Crippen LogP contribution >= 0.6 is 0 Å². The highest BCUT2D eigenvalue weighted by Crippen LogP contribution is 2.31. The third-order valence-corrected chi connectivity index (χ3v) is 3.86. The zero-order valence-electron chi connectivity index (χ0n) is 11.1. The van der Waals surface area contributed by atoms with Gasteiger partial charge in [-0.15, -0.1) is 0 Å². The van der Waals surface area contributed by atoms with Crippen molar-refractivity contribution >= 4 is 0 Å². The molecule has 1 aliphatic heterocycles. The summed E-state index contributed by atoms with van der Waals surface area (Å²) in [4.78, 5) is 0. The first-order chi connectivity index (χ1) is 7.39. The Balaban J connectivity index is 2.41. The zero-order valence-corrected chi connectivity index (χ0v) is 11.1. The Hall–Kier alpha value is -0.820. The van der Waals surface area contributed by atoms with E-state index >= 15 is 0 Å². The van der Waals surface area contributed by atoms with Crippen molar-refractivity contribution in [3.8, 4) is 0 Å². The third kappa shape index (κ3) is 2.01. The van der Waals surface area contributed by atoms with Crippen LogP contribution in [-0.2, 0) is 12.0 Å². The summed E-state index contributed by atoms with van der Waals surface area (Å²) in [5, 5.41) is 3.57. The summed E-state index contributed by atoms with van der Waals surface area (Å²) >= 11 is 0. The van der Waals surface area contributed by atoms with Crippen LogP contribution in [0.1, 0.15) is 57.2 Å². The molecule has 88 valence electrons. The molecule has 2 unspecified atom stereocenters. The second kappa shape index (κ2) is 3.89. The second-order valence-electron chi connectivity index (χ2n) is 6.12. The summed E-state index contributed by atoms with van der Waals surface area (Å²) < 4.78 is 0. The largest absolute Gasteiger partial charge is 0.310 e. The summed E-state index contributed by atoms with van der Waals surface area (Å²) in [7, 11) is 0. The van der Waals surface area contributed by atoms with E-state index in [1.165, 1.54) is 16.7 Å². The number of rotatable bonds is 0. The normalized spacial score (nSPS) is 25.3. The molecule has 1 nitrogen and oxygen atoms in total. The van der Waals surface area contributed by atoms with Gasteiger partial charge in [0.15, 0.2) is 0 Å². The van der Waals surface area contributed by atoms with Crippen LogP contribution in [0.25, 0.3) is 0 Å². The van der Waals surface area contributed by atoms with Crippen molar-refractivity contribution in [2.24, 2.45) is 0 Å². The molecule has 1 aliphatic rings. The summed E-state index contributed by atoms with van der Waals surface area (Å²) in [5.74, 6) is 0.623. The standard InChI is InChI=1S/C15H23N/c1-10-11(2)16-9-12-8-13(15(3,4)5)6-7-14(10)12/h6-8,10-11,16H,9H2,1-5H3. The molecule has 0 saturated heterocycles. The Labute approximate surface area is 99.3 Å². The van der Waals surface area contributed by atoms with Gasteiger partial charge in [-0.2, -0.15) is 0 Å². The lowest BCUT2D eigenvalue weighted by Gasteiger charge is -2.31. The van der Waals surface area contributed by atoms with Crippen molar-refractivity contribution in [1.29, 1.82) is 0 Å². The molecular formula is C15H23N. The van der Waals surface area contributed by atoms with Gasteiger partial charge in [-0.25, -0.2) is 0 Å². The van der Waals surface area contributed by atoms with E-state index in [4.69, 9.17) is 0 Å². The van der Waals surface area contributed by atoms with E-state index < -0.39 is 0 Å². The smallest absolute Gasteiger partial charge is 0.0211 e. The Morgan fingerprint density at radius 3 is 2.50 bits per heavy atom. The average Bonchev–Trinajstić information content (AvgIpc) is 2.22. The van der Waals surface area contributed by atoms with E-state index in [1.807, 2.05) is 0 Å². The molecule has 0 bridgehead atoms. The quantitative estimate of drug-likeness (QED) is 0.700. The fourth-order valence-corrected chi connectivity index (χ4v) is 2.39. The maximum absolute atomic E-state index is 3.57. The van der Waals surface area contributed by atoms with Gasteiger partial charge in [-0.05, 0) is 34.9 Å². The van der Waals surface area contributed by atoms with Crippen LogP contribution in [0.15, 0.2) is 18.2 Å². The van der Waals surface area contributed by atoms with E-state index in [9.17, 15) is 0 Å². The zero-order chi connectivity index (χ0) is 11.9. The molecule has 0 aliphatic carbocycles. The predicted molar refractivity (Wildman–Crippen MR) is 69.9 cm³/mol. The molecule has 1 aromatic rings. The third-order valence-electron chi connectivity index (χ3n) is 3.86. The highest BCUT2D eigenvalue weighted by molar-refractivity contribution is 5.39. The molecule has 0 radical (unpaired) electrons. The van der Waals surface area contributed by atoms with Crippen molar-refractivity contribution in [2.75, 3.05) is 0 Å². The minimum atomic E-state index is 0.251. The van der Waals surface area contributed by atoms with Crippen LogP contribution in [0, 0.1) is 0 Å². The average molecular weight is 217 g/mol. The maximum Gasteiger partial charge on any atom is 0.0211 e. The summed E-state index contributed by atoms with van der Waals surface area (Å²) in [5.41, 5.74) is 4.70. The predicted octanol–water partition coefficient (Wildman–Crippen LogP) is 3.58. The Bertz CT molecular complexity index is 387. The molecule has 0 amide bonds. The Morgan fingerprint density at radius 2 is 1.88 bits per heavy atom. The van der Waals surface area contributed by atoms with Crippen LogP contribution in [0.5, 0.6) is 0 Å². The molecule has 2 rings (SSSR count). The van der Waals surface area contributed by atoms with Crippen molar-refractivity contribution in [3.05, 3.63) is 34.9 Å². The monoisotopic (exact) mass is 217 g/mol. The van der Waals surface area contributed by atoms with Gasteiger partial charge in [-0.3, -0.25) is 0 Å². The minimum Gasteiger partial charge on any atom is -0.310 e. The molecular weight excluding hydrogens is 194 g/mol. The molecule has 1 aromatic carbocycles.